The van der Waals surface area contributed by atoms with Gasteiger partial charge in [-0.1, -0.05) is 0 Å². The predicted molar refractivity (Wildman–Crippen MR) is 113 cm³/mol. The summed E-state index contributed by atoms with van der Waals surface area (Å²) < 4.78 is 31.7. The number of pyridine rings is 1. The number of carbonyl (C=O) groups is 1. The summed E-state index contributed by atoms with van der Waals surface area (Å²) in [5.74, 6) is -2.78. The summed E-state index contributed by atoms with van der Waals surface area (Å²) in [5.41, 5.74) is -0.220. The molecule has 0 radical (unpaired) electrons. The third-order valence-corrected chi connectivity index (χ3v) is 5.02. The van der Waals surface area contributed by atoms with Crippen LogP contribution in [-0.2, 0) is 13.7 Å². The number of aryl methyl sites for hydroxylation is 1. The van der Waals surface area contributed by atoms with E-state index >= 15 is 4.39 Å². The van der Waals surface area contributed by atoms with Crippen LogP contribution in [0.4, 0.5) is 14.5 Å². The summed E-state index contributed by atoms with van der Waals surface area (Å²) in [4.78, 5) is 24.8. The molecule has 0 saturated heterocycles. The number of hydrogen-bond acceptors (Lipinski definition) is 5. The van der Waals surface area contributed by atoms with Gasteiger partial charge in [-0.25, -0.2) is 8.78 Å². The van der Waals surface area contributed by atoms with E-state index in [0.29, 0.717) is 11.1 Å². The number of benzene rings is 1. The second kappa shape index (κ2) is 7.89. The molecule has 32 heavy (non-hydrogen) atoms. The highest BCUT2D eigenvalue weighted by atomic mass is 19.1. The molecule has 0 atom stereocenters. The van der Waals surface area contributed by atoms with Crippen LogP contribution in [-0.4, -0.2) is 30.3 Å². The molecule has 0 aliphatic carbocycles. The van der Waals surface area contributed by atoms with Crippen LogP contribution in [0.25, 0.3) is 22.4 Å². The van der Waals surface area contributed by atoms with Gasteiger partial charge in [-0.3, -0.25) is 14.3 Å². The molecule has 8 nitrogen and oxygen atoms in total. The highest BCUT2D eigenvalue weighted by Gasteiger charge is 2.20. The first-order valence-electron chi connectivity index (χ1n) is 9.47. The van der Waals surface area contributed by atoms with Gasteiger partial charge in [0, 0.05) is 36.6 Å². The van der Waals surface area contributed by atoms with Gasteiger partial charge in [-0.05, 0) is 30.7 Å². The summed E-state index contributed by atoms with van der Waals surface area (Å²) in [6, 6.07) is 4.94. The zero-order valence-electron chi connectivity index (χ0n) is 17.1. The molecule has 0 fully saturated rings. The van der Waals surface area contributed by atoms with Crippen LogP contribution >= 0.6 is 0 Å². The Hall–Kier alpha value is -4.05. The molecular formula is C22H18F2N4O4. The number of aromatic nitrogens is 3. The van der Waals surface area contributed by atoms with Crippen molar-refractivity contribution >= 4 is 22.9 Å². The molecule has 1 amide bonds. The fourth-order valence-electron chi connectivity index (χ4n) is 3.48. The van der Waals surface area contributed by atoms with E-state index in [-0.39, 0.29) is 33.4 Å². The Morgan fingerprint density at radius 3 is 2.56 bits per heavy atom. The van der Waals surface area contributed by atoms with Crippen LogP contribution in [0.15, 0.2) is 47.7 Å². The molecule has 164 valence electrons. The number of aliphatic hydroxyl groups excluding tert-OH is 2. The Bertz CT molecular complexity index is 1490. The first kappa shape index (κ1) is 21.2. The number of nitrogens with zero attached hydrogens (tertiary/aromatic N) is 3. The van der Waals surface area contributed by atoms with Crippen molar-refractivity contribution in [2.75, 3.05) is 5.32 Å². The Morgan fingerprint density at radius 1 is 1.19 bits per heavy atom. The predicted octanol–water partition coefficient (Wildman–Crippen LogP) is 2.13. The van der Waals surface area contributed by atoms with Crippen LogP contribution < -0.4 is 16.1 Å². The minimum atomic E-state index is -1.05. The van der Waals surface area contributed by atoms with E-state index in [4.69, 9.17) is 0 Å². The first-order valence-corrected chi connectivity index (χ1v) is 9.47. The van der Waals surface area contributed by atoms with Gasteiger partial charge in [0.2, 0.25) is 5.43 Å². The Labute approximate surface area is 179 Å². The van der Waals surface area contributed by atoms with E-state index in [2.05, 4.69) is 10.4 Å². The van der Waals surface area contributed by atoms with Crippen LogP contribution in [0, 0.1) is 11.6 Å². The average molecular weight is 440 g/mol. The molecule has 0 aliphatic rings. The maximum atomic E-state index is 15.2. The molecule has 1 aromatic carbocycles. The van der Waals surface area contributed by atoms with Crippen molar-refractivity contribution in [1.29, 1.82) is 0 Å². The van der Waals surface area contributed by atoms with Gasteiger partial charge >= 0.3 is 0 Å². The Kier molecular flexibility index (Phi) is 5.23. The Morgan fingerprint density at radius 2 is 1.94 bits per heavy atom. The highest BCUT2D eigenvalue weighted by Crippen LogP contribution is 2.30. The van der Waals surface area contributed by atoms with Crippen molar-refractivity contribution in [2.45, 2.75) is 13.5 Å². The maximum Gasteiger partial charge on any atom is 0.257 e. The second-order valence-corrected chi connectivity index (χ2v) is 7.29. The number of halogens is 2. The molecule has 3 aromatic heterocycles. The average Bonchev–Trinajstić information content (AvgIpc) is 3.33. The smallest absolute Gasteiger partial charge is 0.257 e. The number of hydrogen-bond donors (Lipinski definition) is 3. The number of fused-ring (bicyclic) bond motifs is 1. The van der Waals surface area contributed by atoms with E-state index in [1.165, 1.54) is 40.4 Å². The van der Waals surface area contributed by atoms with Crippen molar-refractivity contribution in [1.82, 2.24) is 14.2 Å². The molecule has 0 bridgehead atoms. The molecule has 0 saturated carbocycles. The van der Waals surface area contributed by atoms with Crippen LogP contribution in [0.1, 0.15) is 22.8 Å². The van der Waals surface area contributed by atoms with Gasteiger partial charge in [-0.15, -0.1) is 0 Å². The quantitative estimate of drug-likeness (QED) is 0.451. The fourth-order valence-corrected chi connectivity index (χ4v) is 3.48. The zero-order chi connectivity index (χ0) is 23.2. The fraction of sp³-hybridized carbons (Fsp3) is 0.136. The standard InChI is InChI=1S/C22H18F2N4O4/c1-11(30)18-5-15(19-6-20(31)16(23)9-28(18)19)22(32)26-17-4-12(10-29)3-14(21(17)24)13-7-25-27(2)8-13/h3-9,29-30H,10H2,1-2H3,(H,26,32). The minimum absolute atomic E-state index is 0.0449. The monoisotopic (exact) mass is 440 g/mol. The topological polar surface area (TPSA) is 109 Å². The molecule has 0 aliphatic heterocycles. The normalized spacial score (nSPS) is 12.3. The molecule has 10 heteroatoms. The summed E-state index contributed by atoms with van der Waals surface area (Å²) in [5, 5.41) is 26.0. The summed E-state index contributed by atoms with van der Waals surface area (Å²) in [6.07, 6.45) is 3.91. The molecular weight excluding hydrogens is 422 g/mol. The van der Waals surface area contributed by atoms with E-state index in [0.717, 1.165) is 12.3 Å². The zero-order valence-corrected chi connectivity index (χ0v) is 17.1. The number of amides is 1. The molecule has 4 aromatic rings. The Balaban J connectivity index is 1.83. The number of rotatable bonds is 4. The highest BCUT2D eigenvalue weighted by molar-refractivity contribution is 6.09. The van der Waals surface area contributed by atoms with E-state index in [9.17, 15) is 24.2 Å². The van der Waals surface area contributed by atoms with E-state index in [1.807, 2.05) is 0 Å². The third kappa shape index (κ3) is 3.60. The molecule has 4 rings (SSSR count). The van der Waals surface area contributed by atoms with Crippen molar-refractivity contribution in [3.05, 3.63) is 81.2 Å². The molecule has 0 spiro atoms. The summed E-state index contributed by atoms with van der Waals surface area (Å²) in [6.45, 7) is 0.949. The van der Waals surface area contributed by atoms with Gasteiger partial charge in [0.25, 0.3) is 5.91 Å². The first-order chi connectivity index (χ1) is 15.2. The maximum absolute atomic E-state index is 15.2. The molecule has 0 unspecified atom stereocenters. The minimum Gasteiger partial charge on any atom is -0.510 e. The van der Waals surface area contributed by atoms with Crippen LogP contribution in [0.3, 0.4) is 0 Å². The van der Waals surface area contributed by atoms with Gasteiger partial charge in [0.15, 0.2) is 11.6 Å². The summed E-state index contributed by atoms with van der Waals surface area (Å²) >= 11 is 0. The second-order valence-electron chi connectivity index (χ2n) is 7.29. The van der Waals surface area contributed by atoms with Gasteiger partial charge in [0.05, 0.1) is 34.9 Å². The van der Waals surface area contributed by atoms with Crippen LogP contribution in [0.2, 0.25) is 0 Å². The third-order valence-electron chi connectivity index (χ3n) is 5.02. The SMILES string of the molecule is CC(O)=c1cc(C(=O)Nc2cc(CO)cc(-c3cnn(C)c3)c2F)c2cc(=O)c(F)cn12. The number of aliphatic hydroxyl groups is 2. The van der Waals surface area contributed by atoms with E-state index < -0.39 is 29.6 Å². The van der Waals surface area contributed by atoms with Crippen molar-refractivity contribution < 1.29 is 23.8 Å². The van der Waals surface area contributed by atoms with Crippen molar-refractivity contribution in [2.24, 2.45) is 7.05 Å². The van der Waals surface area contributed by atoms with Crippen molar-refractivity contribution in [3.8, 4) is 11.1 Å². The number of nitrogens with one attached hydrogen (secondary N) is 1. The number of anilines is 1. The lowest BCUT2D eigenvalue weighted by molar-refractivity contribution is 0.102. The van der Waals surface area contributed by atoms with Gasteiger partial charge < -0.3 is 19.9 Å². The van der Waals surface area contributed by atoms with Crippen molar-refractivity contribution in [3.63, 3.8) is 0 Å². The molecule has 3 N–H and O–H groups in total. The van der Waals surface area contributed by atoms with E-state index in [1.54, 1.807) is 13.2 Å². The summed E-state index contributed by atoms with van der Waals surface area (Å²) in [7, 11) is 1.67. The van der Waals surface area contributed by atoms with Gasteiger partial charge in [-0.2, -0.15) is 5.10 Å². The lowest BCUT2D eigenvalue weighted by atomic mass is 10.0. The van der Waals surface area contributed by atoms with Gasteiger partial charge in [0.1, 0.15) is 5.76 Å². The lowest BCUT2D eigenvalue weighted by Crippen LogP contribution is -2.16. The lowest BCUT2D eigenvalue weighted by Gasteiger charge is -2.11. The number of carbonyl (C=O) groups excluding carboxylic acids is 1. The molecule has 3 heterocycles. The largest absolute Gasteiger partial charge is 0.510 e. The van der Waals surface area contributed by atoms with Crippen LogP contribution in [0.5, 0.6) is 0 Å².